The molecule has 3 rings (SSSR count). The fourth-order valence-corrected chi connectivity index (χ4v) is 1.82. The molecule has 1 atom stereocenters. The molecule has 0 aliphatic heterocycles. The van der Waals surface area contributed by atoms with Gasteiger partial charge in [-0.2, -0.15) is 9.61 Å². The molecule has 0 bridgehead atoms. The Morgan fingerprint density at radius 3 is 3.05 bits per heavy atom. The molecule has 0 spiro atoms. The molecular weight excluding hydrogens is 244 g/mol. The lowest BCUT2D eigenvalue weighted by molar-refractivity contribution is 0.827. The van der Waals surface area contributed by atoms with E-state index in [1.807, 2.05) is 19.1 Å². The van der Waals surface area contributed by atoms with Crippen molar-refractivity contribution in [1.29, 1.82) is 0 Å². The molecule has 0 radical (unpaired) electrons. The summed E-state index contributed by atoms with van der Waals surface area (Å²) in [6.45, 7) is 2.00. The number of pyridine rings is 1. The van der Waals surface area contributed by atoms with Crippen molar-refractivity contribution in [1.82, 2.24) is 24.8 Å². The van der Waals surface area contributed by atoms with Gasteiger partial charge in [-0.15, -0.1) is 5.10 Å². The number of H-pyrrole nitrogens is 1. The number of fused-ring (bicyclic) bond motifs is 1. The quantitative estimate of drug-likeness (QED) is 0.729. The smallest absolute Gasteiger partial charge is 0.362 e. The van der Waals surface area contributed by atoms with Crippen molar-refractivity contribution in [2.45, 2.75) is 13.0 Å². The van der Waals surface area contributed by atoms with Crippen LogP contribution in [0.3, 0.4) is 0 Å². The zero-order valence-corrected chi connectivity index (χ0v) is 10.2. The lowest BCUT2D eigenvalue weighted by Crippen LogP contribution is -2.15. The van der Waals surface area contributed by atoms with E-state index in [2.05, 4.69) is 25.6 Å². The van der Waals surface area contributed by atoms with Crippen LogP contribution in [0.4, 0.5) is 5.82 Å². The number of aromatic nitrogens is 5. The predicted octanol–water partition coefficient (Wildman–Crippen LogP) is 0.986. The minimum absolute atomic E-state index is 0.0428. The Labute approximate surface area is 108 Å². The van der Waals surface area contributed by atoms with E-state index in [4.69, 9.17) is 0 Å². The first-order chi connectivity index (χ1) is 9.24. The summed E-state index contributed by atoms with van der Waals surface area (Å²) in [6.07, 6.45) is 3.52. The Hall–Kier alpha value is -2.70. The maximum atomic E-state index is 11.4. The molecule has 0 amide bonds. The summed E-state index contributed by atoms with van der Waals surface area (Å²) in [6, 6.07) is 7.41. The van der Waals surface area contributed by atoms with Gasteiger partial charge in [0.15, 0.2) is 5.65 Å². The third-order valence-electron chi connectivity index (χ3n) is 2.82. The summed E-state index contributed by atoms with van der Waals surface area (Å²) >= 11 is 0. The van der Waals surface area contributed by atoms with E-state index in [9.17, 15) is 4.79 Å². The molecule has 3 aromatic heterocycles. The Morgan fingerprint density at radius 1 is 1.37 bits per heavy atom. The first-order valence-corrected chi connectivity index (χ1v) is 5.85. The number of anilines is 1. The lowest BCUT2D eigenvalue weighted by atomic mass is 10.1. The summed E-state index contributed by atoms with van der Waals surface area (Å²) in [7, 11) is 0. The molecule has 3 aromatic rings. The highest BCUT2D eigenvalue weighted by atomic mass is 16.2. The zero-order chi connectivity index (χ0) is 13.2. The van der Waals surface area contributed by atoms with Gasteiger partial charge < -0.3 is 5.32 Å². The Kier molecular flexibility index (Phi) is 2.71. The SMILES string of the molecule is CC(Nc1ccc2n[nH]c(=O)n2n1)c1cccnc1. The maximum absolute atomic E-state index is 11.4. The second-order valence-electron chi connectivity index (χ2n) is 4.17. The highest BCUT2D eigenvalue weighted by Gasteiger charge is 2.07. The van der Waals surface area contributed by atoms with Gasteiger partial charge in [-0.25, -0.2) is 9.89 Å². The molecule has 0 aliphatic carbocycles. The molecular formula is C12H12N6O. The van der Waals surface area contributed by atoms with E-state index < -0.39 is 0 Å². The van der Waals surface area contributed by atoms with E-state index in [1.165, 1.54) is 4.52 Å². The van der Waals surface area contributed by atoms with Gasteiger partial charge in [0.05, 0.1) is 6.04 Å². The van der Waals surface area contributed by atoms with Gasteiger partial charge in [-0.05, 0) is 30.7 Å². The third kappa shape index (κ3) is 2.17. The first kappa shape index (κ1) is 11.4. The summed E-state index contributed by atoms with van der Waals surface area (Å²) < 4.78 is 1.22. The lowest BCUT2D eigenvalue weighted by Gasteiger charge is -2.13. The summed E-state index contributed by atoms with van der Waals surface area (Å²) in [5.74, 6) is 0.604. The van der Waals surface area contributed by atoms with Crippen LogP contribution >= 0.6 is 0 Å². The highest BCUT2D eigenvalue weighted by Crippen LogP contribution is 2.16. The fourth-order valence-electron chi connectivity index (χ4n) is 1.82. The fraction of sp³-hybridized carbons (Fsp3) is 0.167. The third-order valence-corrected chi connectivity index (χ3v) is 2.82. The van der Waals surface area contributed by atoms with Crippen molar-refractivity contribution in [3.63, 3.8) is 0 Å². The maximum Gasteiger partial charge on any atom is 0.364 e. The van der Waals surface area contributed by atoms with Crippen molar-refractivity contribution in [3.05, 3.63) is 52.7 Å². The van der Waals surface area contributed by atoms with E-state index in [0.29, 0.717) is 11.5 Å². The van der Waals surface area contributed by atoms with Crippen molar-refractivity contribution in [3.8, 4) is 0 Å². The first-order valence-electron chi connectivity index (χ1n) is 5.85. The van der Waals surface area contributed by atoms with Crippen LogP contribution < -0.4 is 11.0 Å². The van der Waals surface area contributed by atoms with Crippen molar-refractivity contribution < 1.29 is 0 Å². The number of nitrogens with one attached hydrogen (secondary N) is 2. The second kappa shape index (κ2) is 4.52. The highest BCUT2D eigenvalue weighted by molar-refractivity contribution is 5.44. The van der Waals surface area contributed by atoms with Crippen LogP contribution in [0.15, 0.2) is 41.5 Å². The van der Waals surface area contributed by atoms with Crippen LogP contribution in [0.25, 0.3) is 5.65 Å². The molecule has 2 N–H and O–H groups in total. The van der Waals surface area contributed by atoms with E-state index >= 15 is 0 Å². The summed E-state index contributed by atoms with van der Waals surface area (Å²) in [4.78, 5) is 15.5. The molecule has 0 fully saturated rings. The van der Waals surface area contributed by atoms with Gasteiger partial charge in [0.25, 0.3) is 0 Å². The minimum atomic E-state index is -0.354. The van der Waals surface area contributed by atoms with E-state index in [1.54, 1.807) is 24.5 Å². The molecule has 0 aromatic carbocycles. The normalized spacial score (nSPS) is 12.5. The van der Waals surface area contributed by atoms with Gasteiger partial charge in [0.1, 0.15) is 5.82 Å². The number of nitrogens with zero attached hydrogens (tertiary/aromatic N) is 4. The summed E-state index contributed by atoms with van der Waals surface area (Å²) in [5.41, 5.74) is 1.18. The summed E-state index contributed by atoms with van der Waals surface area (Å²) in [5, 5.41) is 13.6. The Balaban J connectivity index is 1.89. The molecule has 19 heavy (non-hydrogen) atoms. The van der Waals surface area contributed by atoms with Gasteiger partial charge in [-0.3, -0.25) is 4.98 Å². The van der Waals surface area contributed by atoms with E-state index in [-0.39, 0.29) is 11.7 Å². The predicted molar refractivity (Wildman–Crippen MR) is 69.9 cm³/mol. The molecule has 96 valence electrons. The van der Waals surface area contributed by atoms with Crippen LogP contribution in [-0.4, -0.2) is 24.8 Å². The average molecular weight is 256 g/mol. The molecule has 3 heterocycles. The molecule has 0 saturated heterocycles. The second-order valence-corrected chi connectivity index (χ2v) is 4.17. The molecule has 1 unspecified atom stereocenters. The number of rotatable bonds is 3. The van der Waals surface area contributed by atoms with Crippen LogP contribution in [0.5, 0.6) is 0 Å². The van der Waals surface area contributed by atoms with Crippen molar-refractivity contribution in [2.75, 3.05) is 5.32 Å². The molecule has 7 heteroatoms. The van der Waals surface area contributed by atoms with Gasteiger partial charge in [0, 0.05) is 12.4 Å². The molecule has 7 nitrogen and oxygen atoms in total. The number of hydrogen-bond acceptors (Lipinski definition) is 5. The van der Waals surface area contributed by atoms with Gasteiger partial charge in [-0.1, -0.05) is 6.07 Å². The monoisotopic (exact) mass is 256 g/mol. The van der Waals surface area contributed by atoms with Crippen LogP contribution in [0, 0.1) is 0 Å². The number of aromatic amines is 1. The van der Waals surface area contributed by atoms with Crippen LogP contribution in [0.1, 0.15) is 18.5 Å². The standard InChI is InChI=1S/C12H12N6O/c1-8(9-3-2-6-13-7-9)14-10-4-5-11-15-16-12(19)18(11)17-10/h2-8H,1H3,(H,14,17)(H,16,19). The van der Waals surface area contributed by atoms with Gasteiger partial charge >= 0.3 is 5.69 Å². The van der Waals surface area contributed by atoms with Crippen LogP contribution in [-0.2, 0) is 0 Å². The number of hydrogen-bond donors (Lipinski definition) is 2. The molecule has 0 saturated carbocycles. The Morgan fingerprint density at radius 2 is 2.26 bits per heavy atom. The largest absolute Gasteiger partial charge is 0.364 e. The van der Waals surface area contributed by atoms with Crippen LogP contribution in [0.2, 0.25) is 0 Å². The molecule has 0 aliphatic rings. The topological polar surface area (TPSA) is 88.0 Å². The van der Waals surface area contributed by atoms with Crippen molar-refractivity contribution >= 4 is 11.5 Å². The van der Waals surface area contributed by atoms with E-state index in [0.717, 1.165) is 5.56 Å². The van der Waals surface area contributed by atoms with Gasteiger partial charge in [0.2, 0.25) is 0 Å². The zero-order valence-electron chi connectivity index (χ0n) is 10.2. The average Bonchev–Trinajstić information content (AvgIpc) is 2.81. The minimum Gasteiger partial charge on any atom is -0.362 e. The van der Waals surface area contributed by atoms with Crippen molar-refractivity contribution in [2.24, 2.45) is 0 Å². The Bertz CT molecular complexity index is 748.